The number of fused-ring (bicyclic) bond motifs is 1. The van der Waals surface area contributed by atoms with Crippen molar-refractivity contribution in [2.24, 2.45) is 5.92 Å². The van der Waals surface area contributed by atoms with Crippen molar-refractivity contribution in [1.29, 1.82) is 5.26 Å². The van der Waals surface area contributed by atoms with E-state index in [2.05, 4.69) is 21.6 Å². The highest BCUT2D eigenvalue weighted by Crippen LogP contribution is 2.23. The van der Waals surface area contributed by atoms with Crippen molar-refractivity contribution < 1.29 is 14.3 Å². The van der Waals surface area contributed by atoms with E-state index in [0.717, 1.165) is 10.9 Å². The zero-order valence-electron chi connectivity index (χ0n) is 21.3. The Bertz CT molecular complexity index is 1310. The number of methoxy groups -OCH3 is 1. The number of hydrogen-bond donors (Lipinski definition) is 2. The number of carbonyl (C=O) groups is 2. The van der Waals surface area contributed by atoms with Crippen LogP contribution in [-0.2, 0) is 16.1 Å². The van der Waals surface area contributed by atoms with Crippen LogP contribution in [0.3, 0.4) is 0 Å². The lowest BCUT2D eigenvalue weighted by molar-refractivity contribution is -0.142. The Morgan fingerprint density at radius 3 is 2.54 bits per heavy atom. The third-order valence-electron chi connectivity index (χ3n) is 6.33. The number of nitrogens with zero attached hydrogens (tertiary/aromatic N) is 5. The van der Waals surface area contributed by atoms with E-state index in [-0.39, 0.29) is 17.9 Å². The summed E-state index contributed by atoms with van der Waals surface area (Å²) in [6, 6.07) is 15.9. The molecule has 1 saturated heterocycles. The van der Waals surface area contributed by atoms with Gasteiger partial charge in [0.2, 0.25) is 0 Å². The van der Waals surface area contributed by atoms with E-state index >= 15 is 0 Å². The molecule has 2 aromatic carbocycles. The molecule has 0 radical (unpaired) electrons. The van der Waals surface area contributed by atoms with Crippen LogP contribution < -0.4 is 10.6 Å². The molecule has 0 aliphatic carbocycles. The predicted octanol–water partition coefficient (Wildman–Crippen LogP) is 3.46. The van der Waals surface area contributed by atoms with Crippen LogP contribution in [0.2, 0.25) is 0 Å². The predicted molar refractivity (Wildman–Crippen MR) is 141 cm³/mol. The molecular weight excluding hydrogens is 470 g/mol. The van der Waals surface area contributed by atoms with Crippen LogP contribution in [0.5, 0.6) is 0 Å². The van der Waals surface area contributed by atoms with Gasteiger partial charge in [0.15, 0.2) is 0 Å². The molecule has 10 heteroatoms. The Labute approximate surface area is 216 Å². The Kier molecular flexibility index (Phi) is 8.15. The molecule has 1 aromatic heterocycles. The Morgan fingerprint density at radius 1 is 1.08 bits per heavy atom. The lowest BCUT2D eigenvalue weighted by Gasteiger charge is -2.34. The van der Waals surface area contributed by atoms with E-state index in [1.165, 1.54) is 7.11 Å². The Hall–Kier alpha value is -4.23. The van der Waals surface area contributed by atoms with Crippen molar-refractivity contribution in [1.82, 2.24) is 19.8 Å². The van der Waals surface area contributed by atoms with Crippen molar-refractivity contribution in [2.75, 3.05) is 43.9 Å². The lowest BCUT2D eigenvalue weighted by Crippen LogP contribution is -2.49. The van der Waals surface area contributed by atoms with Gasteiger partial charge < -0.3 is 20.3 Å². The van der Waals surface area contributed by atoms with Crippen molar-refractivity contribution >= 4 is 34.4 Å². The first-order chi connectivity index (χ1) is 17.9. The third kappa shape index (κ3) is 6.32. The topological polar surface area (TPSA) is 123 Å². The van der Waals surface area contributed by atoms with Crippen LogP contribution in [-0.4, -0.2) is 71.1 Å². The molecule has 1 fully saturated rings. The van der Waals surface area contributed by atoms with Crippen molar-refractivity contribution in [3.05, 3.63) is 59.9 Å². The number of esters is 1. The number of aromatic nitrogens is 2. The molecule has 2 amide bonds. The molecule has 0 unspecified atom stereocenters. The fraction of sp³-hybridized carbons (Fsp3) is 0.370. The number of ether oxygens (including phenoxy) is 1. The van der Waals surface area contributed by atoms with Gasteiger partial charge in [-0.25, -0.2) is 19.6 Å². The molecule has 0 saturated carbocycles. The second kappa shape index (κ2) is 11.7. The number of hydrogen-bond acceptors (Lipinski definition) is 8. The highest BCUT2D eigenvalue weighted by atomic mass is 16.5. The summed E-state index contributed by atoms with van der Waals surface area (Å²) in [7, 11) is 1.38. The van der Waals surface area contributed by atoms with Crippen molar-refractivity contribution in [3.8, 4) is 6.07 Å². The summed E-state index contributed by atoms with van der Waals surface area (Å²) >= 11 is 0. The van der Waals surface area contributed by atoms with E-state index in [1.807, 2.05) is 38.1 Å². The van der Waals surface area contributed by atoms with E-state index in [0.29, 0.717) is 55.6 Å². The van der Waals surface area contributed by atoms with Gasteiger partial charge in [0.05, 0.1) is 30.8 Å². The maximum Gasteiger partial charge on any atom is 0.328 e. The average Bonchev–Trinajstić information content (AvgIpc) is 2.91. The summed E-state index contributed by atoms with van der Waals surface area (Å²) in [5.74, 6) is 0.904. The number of para-hydroxylation sites is 1. The van der Waals surface area contributed by atoms with Gasteiger partial charge in [0.1, 0.15) is 17.7 Å². The summed E-state index contributed by atoms with van der Waals surface area (Å²) in [5.41, 5.74) is 1.89. The summed E-state index contributed by atoms with van der Waals surface area (Å²) in [4.78, 5) is 38.5. The highest BCUT2D eigenvalue weighted by Gasteiger charge is 2.26. The molecule has 10 nitrogen and oxygen atoms in total. The highest BCUT2D eigenvalue weighted by molar-refractivity contribution is 5.91. The molecule has 37 heavy (non-hydrogen) atoms. The molecule has 1 aliphatic heterocycles. The summed E-state index contributed by atoms with van der Waals surface area (Å²) in [6.45, 7) is 6.87. The van der Waals surface area contributed by atoms with Crippen LogP contribution >= 0.6 is 0 Å². The minimum absolute atomic E-state index is 0.00577. The standard InChI is InChI=1S/C27H31N7O3/c1-18(2)24(26(35)37-3)32-25-21-9-4-5-10-22(21)30-23(31-25)17-33-11-13-34(14-12-33)27(36)29-20-8-6-7-19(15-20)16-28/h4-10,15,18,24H,11-14,17H2,1-3H3,(H,29,36)(H,30,31,32)/t24-/m0/s1. The number of nitriles is 1. The SMILES string of the molecule is COC(=O)[C@@H](Nc1nc(CN2CCN(C(=O)Nc3cccc(C#N)c3)CC2)nc2ccccc12)C(C)C. The van der Waals surface area contributed by atoms with Gasteiger partial charge >= 0.3 is 12.0 Å². The second-order valence-electron chi connectivity index (χ2n) is 9.28. The van der Waals surface area contributed by atoms with Crippen LogP contribution in [0, 0.1) is 17.2 Å². The Balaban J connectivity index is 1.43. The van der Waals surface area contributed by atoms with E-state index in [9.17, 15) is 9.59 Å². The first-order valence-corrected chi connectivity index (χ1v) is 12.3. The van der Waals surface area contributed by atoms with Crippen molar-refractivity contribution in [3.63, 3.8) is 0 Å². The number of amides is 2. The van der Waals surface area contributed by atoms with Crippen LogP contribution in [0.4, 0.5) is 16.3 Å². The summed E-state index contributed by atoms with van der Waals surface area (Å²) in [5, 5.41) is 16.0. The molecule has 2 heterocycles. The zero-order chi connectivity index (χ0) is 26.4. The lowest BCUT2D eigenvalue weighted by atomic mass is 10.0. The van der Waals surface area contributed by atoms with Crippen LogP contribution in [0.1, 0.15) is 25.2 Å². The number of anilines is 2. The number of piperazine rings is 1. The van der Waals surface area contributed by atoms with Gasteiger partial charge in [-0.05, 0) is 36.2 Å². The average molecular weight is 502 g/mol. The first kappa shape index (κ1) is 25.9. The van der Waals surface area contributed by atoms with Gasteiger partial charge in [-0.1, -0.05) is 32.0 Å². The quantitative estimate of drug-likeness (QED) is 0.472. The van der Waals surface area contributed by atoms with Gasteiger partial charge in [0.25, 0.3) is 0 Å². The fourth-order valence-electron chi connectivity index (χ4n) is 4.26. The maximum absolute atomic E-state index is 12.7. The molecule has 0 spiro atoms. The number of benzene rings is 2. The maximum atomic E-state index is 12.7. The molecule has 2 N–H and O–H groups in total. The number of urea groups is 1. The van der Waals surface area contributed by atoms with Crippen LogP contribution in [0.15, 0.2) is 48.5 Å². The van der Waals surface area contributed by atoms with Gasteiger partial charge in [-0.3, -0.25) is 4.90 Å². The monoisotopic (exact) mass is 501 g/mol. The molecule has 1 aliphatic rings. The Morgan fingerprint density at radius 2 is 1.84 bits per heavy atom. The van der Waals surface area contributed by atoms with E-state index in [1.54, 1.807) is 29.2 Å². The molecule has 1 atom stereocenters. The summed E-state index contributed by atoms with van der Waals surface area (Å²) in [6.07, 6.45) is 0. The smallest absolute Gasteiger partial charge is 0.328 e. The zero-order valence-corrected chi connectivity index (χ0v) is 21.3. The molecule has 4 rings (SSSR count). The van der Waals surface area contributed by atoms with Gasteiger partial charge in [-0.2, -0.15) is 5.26 Å². The molecule has 192 valence electrons. The van der Waals surface area contributed by atoms with Crippen molar-refractivity contribution in [2.45, 2.75) is 26.4 Å². The third-order valence-corrected chi connectivity index (χ3v) is 6.33. The molecular formula is C27H31N7O3. The number of carbonyl (C=O) groups excluding carboxylic acids is 2. The molecule has 0 bridgehead atoms. The van der Waals surface area contributed by atoms with E-state index in [4.69, 9.17) is 20.0 Å². The minimum Gasteiger partial charge on any atom is -0.467 e. The fourth-order valence-corrected chi connectivity index (χ4v) is 4.26. The van der Waals surface area contributed by atoms with E-state index < -0.39 is 6.04 Å². The summed E-state index contributed by atoms with van der Waals surface area (Å²) < 4.78 is 4.98. The first-order valence-electron chi connectivity index (χ1n) is 12.3. The van der Waals surface area contributed by atoms with Crippen LogP contribution in [0.25, 0.3) is 10.9 Å². The largest absolute Gasteiger partial charge is 0.467 e. The minimum atomic E-state index is -0.535. The molecule has 3 aromatic rings. The number of nitrogens with one attached hydrogen (secondary N) is 2. The normalized spacial score (nSPS) is 14.7. The number of rotatable bonds is 7. The second-order valence-corrected chi connectivity index (χ2v) is 9.28. The van der Waals surface area contributed by atoms with Gasteiger partial charge in [0, 0.05) is 37.3 Å². The van der Waals surface area contributed by atoms with Gasteiger partial charge in [-0.15, -0.1) is 0 Å².